The Balaban J connectivity index is 0.823. The minimum absolute atomic E-state index is 0.00829. The lowest BCUT2D eigenvalue weighted by Gasteiger charge is -2.34. The molecule has 2 aliphatic carbocycles. The molecule has 0 bridgehead atoms. The molecular weight excluding hydrogens is 1320 g/mol. The molecule has 1 heterocycles. The second-order valence-electron chi connectivity index (χ2n) is 24.3. The molecule has 1 unspecified atom stereocenters. The van der Waals surface area contributed by atoms with Gasteiger partial charge in [0.1, 0.15) is 35.4 Å². The number of halogens is 3. The van der Waals surface area contributed by atoms with Crippen LogP contribution in [-0.2, 0) is 59.1 Å². The molecule has 1 saturated heterocycles. The number of aromatic carboxylic acids is 1. The number of carboxylic acids is 1. The average molecular weight is 1400 g/mol. The Morgan fingerprint density at radius 1 is 0.792 bits per heavy atom. The number of methoxy groups -OCH3 is 1. The van der Waals surface area contributed by atoms with Crippen LogP contribution in [0.5, 0.6) is 17.2 Å². The van der Waals surface area contributed by atoms with E-state index in [0.29, 0.717) is 107 Å². The molecule has 0 saturated carbocycles. The summed E-state index contributed by atoms with van der Waals surface area (Å²) >= 11 is 5.73. The van der Waals surface area contributed by atoms with Crippen LogP contribution in [0.4, 0.5) is 30.2 Å². The highest BCUT2D eigenvalue weighted by atomic mass is 32.1. The minimum Gasteiger partial charge on any atom is -0.508 e. The van der Waals surface area contributed by atoms with Gasteiger partial charge in [0.15, 0.2) is 17.5 Å². The van der Waals surface area contributed by atoms with Crippen molar-refractivity contribution >= 4 is 87.1 Å². The number of esters is 1. The van der Waals surface area contributed by atoms with Crippen molar-refractivity contribution in [1.82, 2.24) is 26.2 Å². The number of aryl methyl sites for hydroxylation is 1. The fraction of sp³-hybridized carbons (Fsp3) is 0.303. The van der Waals surface area contributed by atoms with Gasteiger partial charge in [0.05, 0.1) is 36.1 Å². The predicted molar refractivity (Wildman–Crippen MR) is 376 cm³/mol. The molecule has 21 nitrogen and oxygen atoms in total. The van der Waals surface area contributed by atoms with Crippen molar-refractivity contribution in [2.75, 3.05) is 50.5 Å². The van der Waals surface area contributed by atoms with Crippen molar-refractivity contribution in [3.63, 3.8) is 0 Å². The van der Waals surface area contributed by atoms with Crippen LogP contribution in [0.2, 0.25) is 0 Å². The average Bonchev–Trinajstić information content (AvgIpc) is 0.748. The van der Waals surface area contributed by atoms with Crippen LogP contribution in [0, 0.1) is 0 Å². The molecule has 3 aliphatic rings. The minimum atomic E-state index is -4.58. The molecule has 6 aromatic rings. The number of hydrogen-bond acceptors (Lipinski definition) is 15. The number of anilines is 3. The van der Waals surface area contributed by atoms with Gasteiger partial charge < -0.3 is 66.3 Å². The van der Waals surface area contributed by atoms with Crippen molar-refractivity contribution in [2.45, 2.75) is 109 Å². The first-order valence-electron chi connectivity index (χ1n) is 33.1. The van der Waals surface area contributed by atoms with E-state index >= 15 is 0 Å². The molecule has 1 fully saturated rings. The van der Waals surface area contributed by atoms with E-state index in [4.69, 9.17) is 26.4 Å². The number of aliphatic hydroxyl groups is 1. The number of Topliss-reactive ketones (excluding diaryl/α,β-unsaturated/α-hetero) is 1. The molecule has 0 spiro atoms. The van der Waals surface area contributed by atoms with Crippen LogP contribution in [0.15, 0.2) is 169 Å². The molecule has 9 rings (SSSR count). The number of nitrogens with one attached hydrogen (secondary N) is 6. The highest BCUT2D eigenvalue weighted by Gasteiger charge is 2.38. The fourth-order valence-electron chi connectivity index (χ4n) is 12.1. The van der Waals surface area contributed by atoms with Crippen LogP contribution in [0.3, 0.4) is 0 Å². The van der Waals surface area contributed by atoms with E-state index in [2.05, 4.69) is 38.5 Å². The Morgan fingerprint density at radius 3 is 2.31 bits per heavy atom. The first-order chi connectivity index (χ1) is 48.5. The number of phenolic OH excluding ortho intramolecular Hbond substituents is 1. The molecule has 1 aliphatic heterocycles. The molecule has 0 aromatic heterocycles. The number of allylic oxidation sites excluding steroid dienone is 5. The zero-order chi connectivity index (χ0) is 72.3. The summed E-state index contributed by atoms with van der Waals surface area (Å²) in [7, 11) is 1.50. The number of nitrogens with zero attached hydrogens (tertiary/aromatic N) is 1. The summed E-state index contributed by atoms with van der Waals surface area (Å²) in [5.41, 5.74) is 5.59. The number of rotatable bonds is 31. The number of para-hydroxylation sites is 1. The third kappa shape index (κ3) is 19.7. The number of piperidine rings is 1. The van der Waals surface area contributed by atoms with Crippen LogP contribution in [0.25, 0.3) is 5.57 Å². The summed E-state index contributed by atoms with van der Waals surface area (Å²) in [6.07, 6.45) is 3.22. The monoisotopic (exact) mass is 1400 g/mol. The summed E-state index contributed by atoms with van der Waals surface area (Å²) in [6.45, 7) is 5.38. The van der Waals surface area contributed by atoms with Gasteiger partial charge in [-0.25, -0.2) is 9.59 Å². The second kappa shape index (κ2) is 34.7. The summed E-state index contributed by atoms with van der Waals surface area (Å²) in [5, 5.41) is 48.4. The molecule has 0 radical (unpaired) electrons. The smallest absolute Gasteiger partial charge is 0.416 e. The van der Waals surface area contributed by atoms with E-state index in [-0.39, 0.29) is 109 Å². The number of aromatic hydroxyl groups is 1. The Hall–Kier alpha value is -10.9. The van der Waals surface area contributed by atoms with Crippen LogP contribution in [-0.4, -0.2) is 124 Å². The van der Waals surface area contributed by atoms with Crippen molar-refractivity contribution < 1.29 is 81.1 Å². The Morgan fingerprint density at radius 2 is 1.55 bits per heavy atom. The number of ether oxygens (including phenoxy) is 3. The number of likely N-dealkylation sites (tertiary alicyclic amines) is 1. The quantitative estimate of drug-likeness (QED) is 0.00642. The number of benzene rings is 6. The Labute approximate surface area is 586 Å². The van der Waals surface area contributed by atoms with Gasteiger partial charge in [-0.05, 0) is 224 Å². The third-order valence-corrected chi connectivity index (χ3v) is 17.6. The molecule has 4 amide bonds. The molecule has 6 aromatic carbocycles. The fourth-order valence-corrected chi connectivity index (χ4v) is 12.3. The summed E-state index contributed by atoms with van der Waals surface area (Å²) < 4.78 is 57.8. The highest BCUT2D eigenvalue weighted by molar-refractivity contribution is 7.80. The number of amides is 4. The van der Waals surface area contributed by atoms with Gasteiger partial charge in [-0.15, -0.1) is 0 Å². The van der Waals surface area contributed by atoms with Gasteiger partial charge in [-0.2, -0.15) is 13.2 Å². The largest absolute Gasteiger partial charge is 0.508 e. The number of hydrogen-bond donors (Lipinski definition) is 9. The predicted octanol–water partition coefficient (Wildman–Crippen LogP) is 10.9. The van der Waals surface area contributed by atoms with E-state index in [1.54, 1.807) is 91.9 Å². The number of thiocarbonyl (C=S) groups is 1. The number of ketones is 2. The number of carbonyl (C=O) groups excluding carboxylic acids is 7. The van der Waals surface area contributed by atoms with E-state index < -0.39 is 71.3 Å². The van der Waals surface area contributed by atoms with Gasteiger partial charge in [0.25, 0.3) is 17.7 Å². The van der Waals surface area contributed by atoms with Crippen LogP contribution in [0.1, 0.15) is 130 Å². The lowest BCUT2D eigenvalue weighted by atomic mass is 9.76. The van der Waals surface area contributed by atoms with Crippen molar-refractivity contribution in [3.8, 4) is 17.2 Å². The number of carbonyl (C=O) groups is 8. The van der Waals surface area contributed by atoms with Crippen LogP contribution < -0.4 is 41.4 Å². The maximum atomic E-state index is 14.1. The zero-order valence-corrected chi connectivity index (χ0v) is 56.5. The normalized spacial score (nSPS) is 14.6. The Kier molecular flexibility index (Phi) is 25.5. The topological polar surface area (TPSA) is 300 Å². The molecule has 25 heteroatoms. The summed E-state index contributed by atoms with van der Waals surface area (Å²) in [4.78, 5) is 108. The van der Waals surface area contributed by atoms with Crippen molar-refractivity contribution in [3.05, 3.63) is 219 Å². The Bertz CT molecular complexity index is 4250. The number of phenols is 1. The van der Waals surface area contributed by atoms with Gasteiger partial charge >= 0.3 is 18.1 Å². The van der Waals surface area contributed by atoms with E-state index in [1.165, 1.54) is 54.5 Å². The molecule has 101 heavy (non-hydrogen) atoms. The lowest BCUT2D eigenvalue weighted by Crippen LogP contribution is -2.51. The SMILES string of the molecule is C=C(CC)C(=O)C(=O)N1CCCC[C@H]1C(=O)O[C@H](CCc1ccc(OC)c(CO)c1)c1ccc(OCC(=O)NCCCCC(NC(=S)Nc2ccc(C3=C4C=CC(=O)C=C4Cc4cc(O)ccc43)c(C(=O)O)c2)C(=O)NCCCNC(=O)c2ccccc2Nc2cccc(C(F)(F)F)c2)cc1. The first kappa shape index (κ1) is 74.3. The van der Waals surface area contributed by atoms with Gasteiger partial charge in [-0.1, -0.05) is 68.1 Å². The maximum Gasteiger partial charge on any atom is 0.416 e. The maximum absolute atomic E-state index is 14.1. The number of aliphatic hydroxyl groups excluding tert-OH is 1. The van der Waals surface area contributed by atoms with Gasteiger partial charge in [0.2, 0.25) is 11.7 Å². The van der Waals surface area contributed by atoms with Gasteiger partial charge in [0, 0.05) is 43.1 Å². The zero-order valence-electron chi connectivity index (χ0n) is 55.6. The first-order valence-corrected chi connectivity index (χ1v) is 33.5. The van der Waals surface area contributed by atoms with Gasteiger partial charge in [-0.3, -0.25) is 28.8 Å². The standard InChI is InChI=1S/C76H78F3N7O14S/c1-4-45(2)69(91)72(94)86-36-10-8-18-64(86)74(97)100-66(32-20-46-19-31-65(98-3)50(37-46)43-87)47-21-26-56(27-22-47)99-44-67(90)80-33-9-7-17-63(71(93)82-35-12-34-81-70(92)60-15-5-6-16-62(60)83-52-14-11-13-51(41-52)76(77,78)79)85-75(101)84-53-23-28-59(61(42-53)73(95)96)68-57-29-24-54(88)39-48(57)38-49-40-55(89)25-30-58(49)68/h5-6,11,13-16,19,21-31,37,39-42,63-64,66,83,87-88H,2,4,7-10,12,17-18,20,32-36,38,43-44H2,1,3H3,(H,80,90)(H,81,92)(H,82,93)(H,95,96)(H2,84,85,101)/t63?,64-,66+/m0/s1. The molecular formula is C76H78F3N7O14S. The van der Waals surface area contributed by atoms with E-state index in [0.717, 1.165) is 17.7 Å². The second-order valence-corrected chi connectivity index (χ2v) is 24.8. The van der Waals surface area contributed by atoms with E-state index in [9.17, 15) is 66.8 Å². The molecule has 9 N–H and O–H groups in total. The van der Waals surface area contributed by atoms with Crippen molar-refractivity contribution in [2.24, 2.45) is 0 Å². The number of unbranched alkanes of at least 4 members (excludes halogenated alkanes) is 1. The third-order valence-electron chi connectivity index (χ3n) is 17.4. The summed E-state index contributed by atoms with van der Waals surface area (Å²) in [6, 6.07) is 30.4. The number of carboxylic acid groups (broad SMARTS) is 1. The molecule has 3 atom stereocenters. The number of fused-ring (bicyclic) bond motifs is 2. The molecule has 528 valence electrons. The van der Waals surface area contributed by atoms with Crippen LogP contribution >= 0.6 is 12.2 Å². The number of alkyl halides is 3. The lowest BCUT2D eigenvalue weighted by molar-refractivity contribution is -0.163. The van der Waals surface area contributed by atoms with E-state index in [1.807, 2.05) is 6.07 Å². The van der Waals surface area contributed by atoms with Crippen molar-refractivity contribution in [1.29, 1.82) is 0 Å². The highest BCUT2D eigenvalue weighted by Crippen LogP contribution is 2.43. The summed E-state index contributed by atoms with van der Waals surface area (Å²) in [5.74, 6) is -4.30.